The highest BCUT2D eigenvalue weighted by Gasteiger charge is 2.26. The zero-order valence-corrected chi connectivity index (χ0v) is 9.98. The van der Waals surface area contributed by atoms with Crippen molar-refractivity contribution in [2.45, 2.75) is 6.10 Å². The maximum Gasteiger partial charge on any atom is 0.172 e. The Morgan fingerprint density at radius 3 is 2.72 bits per heavy atom. The molecule has 0 saturated carbocycles. The fourth-order valence-corrected chi connectivity index (χ4v) is 2.29. The predicted molar refractivity (Wildman–Crippen MR) is 64.4 cm³/mol. The average Bonchev–Trinajstić information content (AvgIpc) is 2.47. The van der Waals surface area contributed by atoms with Gasteiger partial charge in [-0.1, -0.05) is 6.07 Å². The Hall–Kier alpha value is -1.59. The van der Waals surface area contributed by atoms with Crippen molar-refractivity contribution in [3.63, 3.8) is 0 Å². The SMILES string of the molecule is O=Cc1ccc(C2CNCCO2)c2c1OCCO2. The molecule has 1 aromatic rings. The third-order valence-corrected chi connectivity index (χ3v) is 3.15. The van der Waals surface area contributed by atoms with Crippen LogP contribution in [-0.4, -0.2) is 39.2 Å². The molecule has 0 amide bonds. The van der Waals surface area contributed by atoms with Crippen LogP contribution in [0.15, 0.2) is 12.1 Å². The number of hydrogen-bond donors (Lipinski definition) is 1. The normalized spacial score (nSPS) is 22.6. The number of hydrogen-bond acceptors (Lipinski definition) is 5. The van der Waals surface area contributed by atoms with Crippen LogP contribution in [0.2, 0.25) is 0 Å². The number of aldehydes is 1. The molecule has 2 aliphatic heterocycles. The zero-order chi connectivity index (χ0) is 12.4. The van der Waals surface area contributed by atoms with Crippen molar-refractivity contribution in [1.29, 1.82) is 0 Å². The molecular weight excluding hydrogens is 234 g/mol. The first-order valence-corrected chi connectivity index (χ1v) is 6.10. The summed E-state index contributed by atoms with van der Waals surface area (Å²) >= 11 is 0. The van der Waals surface area contributed by atoms with E-state index < -0.39 is 0 Å². The summed E-state index contributed by atoms with van der Waals surface area (Å²) < 4.78 is 16.9. The van der Waals surface area contributed by atoms with E-state index in [9.17, 15) is 4.79 Å². The molecule has 1 atom stereocenters. The number of carbonyl (C=O) groups is 1. The van der Waals surface area contributed by atoms with Crippen LogP contribution in [0.5, 0.6) is 11.5 Å². The first-order chi connectivity index (χ1) is 8.90. The largest absolute Gasteiger partial charge is 0.486 e. The second-order valence-electron chi connectivity index (χ2n) is 4.28. The lowest BCUT2D eigenvalue weighted by Gasteiger charge is -2.28. The fraction of sp³-hybridized carbons (Fsp3) is 0.462. The van der Waals surface area contributed by atoms with Crippen LogP contribution in [0, 0.1) is 0 Å². The third kappa shape index (κ3) is 1.95. The minimum absolute atomic E-state index is 0.0464. The van der Waals surface area contributed by atoms with E-state index in [1.165, 1.54) is 0 Å². The molecule has 1 aromatic carbocycles. The minimum atomic E-state index is -0.0464. The van der Waals surface area contributed by atoms with Crippen molar-refractivity contribution < 1.29 is 19.0 Å². The van der Waals surface area contributed by atoms with E-state index in [0.29, 0.717) is 36.9 Å². The van der Waals surface area contributed by atoms with Crippen LogP contribution in [-0.2, 0) is 4.74 Å². The number of fused-ring (bicyclic) bond motifs is 1. The number of carbonyl (C=O) groups excluding carboxylic acids is 1. The molecule has 1 unspecified atom stereocenters. The van der Waals surface area contributed by atoms with Gasteiger partial charge in [0.2, 0.25) is 0 Å². The standard InChI is InChI=1S/C13H15NO4/c15-8-9-1-2-10(11-7-14-3-4-16-11)13-12(9)17-5-6-18-13/h1-2,8,11,14H,3-7H2. The van der Waals surface area contributed by atoms with Gasteiger partial charge in [0.25, 0.3) is 0 Å². The van der Waals surface area contributed by atoms with Crippen LogP contribution in [0.3, 0.4) is 0 Å². The highest BCUT2D eigenvalue weighted by molar-refractivity contribution is 5.82. The summed E-state index contributed by atoms with van der Waals surface area (Å²) in [5.41, 5.74) is 1.47. The zero-order valence-electron chi connectivity index (χ0n) is 9.98. The van der Waals surface area contributed by atoms with Crippen molar-refractivity contribution in [1.82, 2.24) is 5.32 Å². The first kappa shape index (κ1) is 11.5. The summed E-state index contributed by atoms with van der Waals surface area (Å²) in [7, 11) is 0. The molecular formula is C13H15NO4. The summed E-state index contributed by atoms with van der Waals surface area (Å²) in [6.45, 7) is 3.26. The van der Waals surface area contributed by atoms with Gasteiger partial charge in [0, 0.05) is 18.7 Å². The number of ether oxygens (including phenoxy) is 3. The molecule has 1 N–H and O–H groups in total. The smallest absolute Gasteiger partial charge is 0.172 e. The molecule has 0 bridgehead atoms. The Balaban J connectivity index is 2.01. The molecule has 0 radical (unpaired) electrons. The molecule has 5 heteroatoms. The van der Waals surface area contributed by atoms with Gasteiger partial charge in [0.1, 0.15) is 13.2 Å². The number of nitrogens with one attached hydrogen (secondary N) is 1. The van der Waals surface area contributed by atoms with Gasteiger partial charge < -0.3 is 19.5 Å². The molecule has 2 aliphatic rings. The van der Waals surface area contributed by atoms with Gasteiger partial charge in [-0.25, -0.2) is 0 Å². The maximum absolute atomic E-state index is 11.0. The van der Waals surface area contributed by atoms with Gasteiger partial charge in [-0.15, -0.1) is 0 Å². The van der Waals surface area contributed by atoms with Crippen LogP contribution < -0.4 is 14.8 Å². The molecule has 0 spiro atoms. The van der Waals surface area contributed by atoms with Crippen LogP contribution in [0.1, 0.15) is 22.0 Å². The molecule has 18 heavy (non-hydrogen) atoms. The predicted octanol–water partition coefficient (Wildman–Crippen LogP) is 0.931. The van der Waals surface area contributed by atoms with Crippen molar-refractivity contribution >= 4 is 6.29 Å². The van der Waals surface area contributed by atoms with Gasteiger partial charge in [-0.05, 0) is 6.07 Å². The van der Waals surface area contributed by atoms with Gasteiger partial charge in [-0.3, -0.25) is 4.79 Å². The highest BCUT2D eigenvalue weighted by Crippen LogP contribution is 2.40. The monoisotopic (exact) mass is 249 g/mol. The number of rotatable bonds is 2. The van der Waals surface area contributed by atoms with Crippen molar-refractivity contribution in [3.8, 4) is 11.5 Å². The lowest BCUT2D eigenvalue weighted by molar-refractivity contribution is 0.0244. The summed E-state index contributed by atoms with van der Waals surface area (Å²) in [6.07, 6.45) is 0.743. The van der Waals surface area contributed by atoms with E-state index in [1.54, 1.807) is 6.07 Å². The Morgan fingerprint density at radius 2 is 2.00 bits per heavy atom. The number of benzene rings is 1. The maximum atomic E-state index is 11.0. The quantitative estimate of drug-likeness (QED) is 0.790. The van der Waals surface area contributed by atoms with Gasteiger partial charge in [0.15, 0.2) is 17.8 Å². The molecule has 1 saturated heterocycles. The Bertz CT molecular complexity index is 455. The van der Waals surface area contributed by atoms with Gasteiger partial charge in [0.05, 0.1) is 18.3 Å². The summed E-state index contributed by atoms with van der Waals surface area (Å²) in [5, 5.41) is 3.28. The summed E-state index contributed by atoms with van der Waals surface area (Å²) in [4.78, 5) is 11.0. The average molecular weight is 249 g/mol. The van der Waals surface area contributed by atoms with E-state index in [2.05, 4.69) is 5.32 Å². The molecule has 0 aliphatic carbocycles. The first-order valence-electron chi connectivity index (χ1n) is 6.10. The van der Waals surface area contributed by atoms with Crippen LogP contribution in [0.25, 0.3) is 0 Å². The Morgan fingerprint density at radius 1 is 1.17 bits per heavy atom. The summed E-state index contributed by atoms with van der Waals surface area (Å²) in [5.74, 6) is 1.20. The second-order valence-corrected chi connectivity index (χ2v) is 4.28. The molecule has 2 heterocycles. The van der Waals surface area contributed by atoms with Gasteiger partial charge >= 0.3 is 0 Å². The molecule has 3 rings (SSSR count). The van der Waals surface area contributed by atoms with Crippen LogP contribution in [0.4, 0.5) is 0 Å². The van der Waals surface area contributed by atoms with E-state index >= 15 is 0 Å². The van der Waals surface area contributed by atoms with Crippen molar-refractivity contribution in [2.75, 3.05) is 32.9 Å². The lowest BCUT2D eigenvalue weighted by atomic mass is 10.0. The van der Waals surface area contributed by atoms with E-state index in [-0.39, 0.29) is 6.10 Å². The van der Waals surface area contributed by atoms with Crippen molar-refractivity contribution in [3.05, 3.63) is 23.3 Å². The Kier molecular flexibility index (Phi) is 3.17. The lowest BCUT2D eigenvalue weighted by Crippen LogP contribution is -2.34. The fourth-order valence-electron chi connectivity index (χ4n) is 2.29. The molecule has 0 aromatic heterocycles. The van der Waals surface area contributed by atoms with Crippen LogP contribution >= 0.6 is 0 Å². The topological polar surface area (TPSA) is 56.8 Å². The number of morpholine rings is 1. The van der Waals surface area contributed by atoms with E-state index in [4.69, 9.17) is 14.2 Å². The molecule has 96 valence electrons. The van der Waals surface area contributed by atoms with Crippen molar-refractivity contribution in [2.24, 2.45) is 0 Å². The van der Waals surface area contributed by atoms with Gasteiger partial charge in [-0.2, -0.15) is 0 Å². The van der Waals surface area contributed by atoms with E-state index in [1.807, 2.05) is 6.07 Å². The summed E-state index contributed by atoms with van der Waals surface area (Å²) in [6, 6.07) is 3.64. The second kappa shape index (κ2) is 4.96. The van der Waals surface area contributed by atoms with E-state index in [0.717, 1.165) is 24.9 Å². The Labute approximate surface area is 105 Å². The molecule has 1 fully saturated rings. The molecule has 5 nitrogen and oxygen atoms in total. The highest BCUT2D eigenvalue weighted by atomic mass is 16.6. The minimum Gasteiger partial charge on any atom is -0.486 e. The third-order valence-electron chi connectivity index (χ3n) is 3.15.